The summed E-state index contributed by atoms with van der Waals surface area (Å²) >= 11 is 5.76. The topological polar surface area (TPSA) is 0 Å². The van der Waals surface area contributed by atoms with Gasteiger partial charge in [-0.25, -0.2) is 0 Å². The summed E-state index contributed by atoms with van der Waals surface area (Å²) in [4.78, 5) is 0. The first-order chi connectivity index (χ1) is 4.27. The molecule has 0 aliphatic rings. The molecule has 0 rings (SSSR count). The van der Waals surface area contributed by atoms with Crippen molar-refractivity contribution in [1.29, 1.82) is 0 Å². The Morgan fingerprint density at radius 1 is 1.20 bits per heavy atom. The van der Waals surface area contributed by atoms with Crippen molar-refractivity contribution in [2.45, 2.75) is 51.3 Å². The molecule has 0 aromatic rings. The molecule has 0 amide bonds. The predicted molar refractivity (Wildman–Crippen MR) is 54.0 cm³/mol. The lowest BCUT2D eigenvalue weighted by atomic mass is 10.1. The lowest BCUT2D eigenvalue weighted by Gasteiger charge is -2.00. The van der Waals surface area contributed by atoms with Gasteiger partial charge in [-0.15, -0.1) is 11.6 Å². The predicted octanol–water partition coefficient (Wildman–Crippen LogP) is 2.40. The first kappa shape index (κ1) is 13.4. The van der Waals surface area contributed by atoms with Crippen LogP contribution >= 0.6 is 11.6 Å². The van der Waals surface area contributed by atoms with Gasteiger partial charge < -0.3 is 0 Å². The molecule has 0 nitrogen and oxygen atoms in total. The molecule has 1 atom stereocenters. The maximum Gasteiger partial charge on any atom is 0.187 e. The van der Waals surface area contributed by atoms with E-state index < -0.39 is 0 Å². The average Bonchev–Trinajstić information content (AvgIpc) is 1.80. The highest BCUT2D eigenvalue weighted by Gasteiger charge is 1.93. The Morgan fingerprint density at radius 3 is 2.20 bits per heavy atom. The van der Waals surface area contributed by atoms with Crippen LogP contribution in [0.2, 0.25) is 0 Å². The normalized spacial score (nSPS) is 12.3. The minimum Gasteiger partial charge on any atom is -0.123 e. The van der Waals surface area contributed by atoms with E-state index in [1.807, 2.05) is 0 Å². The molecule has 0 saturated heterocycles. The van der Waals surface area contributed by atoms with E-state index in [2.05, 4.69) is 13.8 Å². The van der Waals surface area contributed by atoms with Crippen molar-refractivity contribution in [3.05, 3.63) is 0 Å². The maximum absolute atomic E-state index is 5.76. The smallest absolute Gasteiger partial charge is 0.123 e. The van der Waals surface area contributed by atoms with Gasteiger partial charge in [-0.3, -0.25) is 0 Å². The number of hydrogen-bond acceptors (Lipinski definition) is 0. The SMILES string of the molecule is CCCCCCC(C)Cl.[AlH3]. The monoisotopic (exact) mass is 178 g/mol. The zero-order valence-corrected chi connectivity index (χ0v) is 7.25. The lowest BCUT2D eigenvalue weighted by Crippen LogP contribution is -1.89. The fourth-order valence-electron chi connectivity index (χ4n) is 0.852. The standard InChI is InChI=1S/C8H17Cl.Al.3H/c1-3-4-5-6-7-8(2)9;;;;/h8H,3-7H2,1-2H3;;;;. The lowest BCUT2D eigenvalue weighted by molar-refractivity contribution is 0.628. The second-order valence-corrected chi connectivity index (χ2v) is 3.38. The number of halogens is 1. The summed E-state index contributed by atoms with van der Waals surface area (Å²) in [6.45, 7) is 4.29. The van der Waals surface area contributed by atoms with E-state index in [4.69, 9.17) is 11.6 Å². The number of hydrogen-bond donors (Lipinski definition) is 0. The van der Waals surface area contributed by atoms with Crippen LogP contribution in [-0.2, 0) is 0 Å². The number of alkyl halides is 1. The van der Waals surface area contributed by atoms with Crippen LogP contribution in [-0.4, -0.2) is 22.7 Å². The summed E-state index contributed by atoms with van der Waals surface area (Å²) in [5.74, 6) is 0. The van der Waals surface area contributed by atoms with Crippen molar-refractivity contribution in [2.75, 3.05) is 0 Å². The van der Waals surface area contributed by atoms with E-state index >= 15 is 0 Å². The van der Waals surface area contributed by atoms with Gasteiger partial charge in [0.15, 0.2) is 17.4 Å². The van der Waals surface area contributed by atoms with Crippen LogP contribution in [0.15, 0.2) is 0 Å². The molecule has 0 aliphatic carbocycles. The van der Waals surface area contributed by atoms with Crippen LogP contribution in [0.5, 0.6) is 0 Å². The first-order valence-corrected chi connectivity index (χ1v) is 4.35. The molecular weight excluding hydrogens is 159 g/mol. The molecule has 0 N–H and O–H groups in total. The Balaban J connectivity index is 0. The van der Waals surface area contributed by atoms with Crippen molar-refractivity contribution >= 4 is 29.0 Å². The summed E-state index contributed by atoms with van der Waals surface area (Å²) in [6, 6.07) is 0. The Bertz CT molecular complexity index is 55.2. The molecule has 0 aliphatic heterocycles. The Hall–Kier alpha value is 0.822. The van der Waals surface area contributed by atoms with Crippen LogP contribution in [0.1, 0.15) is 46.0 Å². The molecule has 1 unspecified atom stereocenters. The summed E-state index contributed by atoms with van der Waals surface area (Å²) < 4.78 is 0. The fourth-order valence-corrected chi connectivity index (χ4v) is 1.01. The van der Waals surface area contributed by atoms with Gasteiger partial charge in [0.25, 0.3) is 0 Å². The zero-order chi connectivity index (χ0) is 7.11. The molecule has 0 aromatic heterocycles. The second kappa shape index (κ2) is 9.82. The average molecular weight is 179 g/mol. The molecule has 10 heavy (non-hydrogen) atoms. The van der Waals surface area contributed by atoms with E-state index in [9.17, 15) is 0 Å². The van der Waals surface area contributed by atoms with Crippen LogP contribution in [0.3, 0.4) is 0 Å². The third kappa shape index (κ3) is 11.6. The number of rotatable bonds is 5. The van der Waals surface area contributed by atoms with E-state index in [0.29, 0.717) is 5.38 Å². The molecule has 2 heteroatoms. The molecule has 0 spiro atoms. The fraction of sp³-hybridized carbons (Fsp3) is 1.00. The maximum atomic E-state index is 5.76. The van der Waals surface area contributed by atoms with Gasteiger partial charge in [0.1, 0.15) is 0 Å². The highest BCUT2D eigenvalue weighted by Crippen LogP contribution is 2.08. The van der Waals surface area contributed by atoms with Gasteiger partial charge >= 0.3 is 0 Å². The van der Waals surface area contributed by atoms with E-state index in [0.717, 1.165) is 0 Å². The van der Waals surface area contributed by atoms with Crippen molar-refractivity contribution < 1.29 is 0 Å². The second-order valence-electron chi connectivity index (χ2n) is 2.63. The van der Waals surface area contributed by atoms with Gasteiger partial charge in [0.05, 0.1) is 0 Å². The van der Waals surface area contributed by atoms with Crippen molar-refractivity contribution in [1.82, 2.24) is 0 Å². The molecule has 0 bridgehead atoms. The highest BCUT2D eigenvalue weighted by molar-refractivity contribution is 6.20. The van der Waals surface area contributed by atoms with Gasteiger partial charge in [-0.2, -0.15) is 0 Å². The quantitative estimate of drug-likeness (QED) is 0.345. The third-order valence-electron chi connectivity index (χ3n) is 1.46. The van der Waals surface area contributed by atoms with Gasteiger partial charge in [-0.1, -0.05) is 32.6 Å². The molecule has 0 aromatic carbocycles. The summed E-state index contributed by atoms with van der Waals surface area (Å²) in [7, 11) is 0. The van der Waals surface area contributed by atoms with E-state index in [-0.39, 0.29) is 17.4 Å². The molecular formula is C8H20AlCl. The van der Waals surface area contributed by atoms with Crippen LogP contribution in [0.25, 0.3) is 0 Å². The van der Waals surface area contributed by atoms with Gasteiger partial charge in [0, 0.05) is 5.38 Å². The number of unbranched alkanes of at least 4 members (excludes halogenated alkanes) is 3. The van der Waals surface area contributed by atoms with Crippen LogP contribution in [0.4, 0.5) is 0 Å². The van der Waals surface area contributed by atoms with Crippen LogP contribution < -0.4 is 0 Å². The Labute approximate surface area is 80.5 Å². The molecule has 0 fully saturated rings. The zero-order valence-electron chi connectivity index (χ0n) is 6.49. The molecule has 0 radical (unpaired) electrons. The minimum atomic E-state index is 0. The van der Waals surface area contributed by atoms with Crippen molar-refractivity contribution in [2.24, 2.45) is 0 Å². The van der Waals surface area contributed by atoms with Gasteiger partial charge in [-0.05, 0) is 13.3 Å². The third-order valence-corrected chi connectivity index (χ3v) is 1.67. The highest BCUT2D eigenvalue weighted by atomic mass is 35.5. The first-order valence-electron chi connectivity index (χ1n) is 3.91. The summed E-state index contributed by atoms with van der Waals surface area (Å²) in [5.41, 5.74) is 0. The van der Waals surface area contributed by atoms with Gasteiger partial charge in [0.2, 0.25) is 0 Å². The minimum absolute atomic E-state index is 0. The Morgan fingerprint density at radius 2 is 1.80 bits per heavy atom. The molecule has 62 valence electrons. The molecule has 0 saturated carbocycles. The van der Waals surface area contributed by atoms with Crippen molar-refractivity contribution in [3.63, 3.8) is 0 Å². The summed E-state index contributed by atoms with van der Waals surface area (Å²) in [6.07, 6.45) is 6.52. The largest absolute Gasteiger partial charge is 0.187 e. The van der Waals surface area contributed by atoms with E-state index in [1.165, 1.54) is 32.1 Å². The van der Waals surface area contributed by atoms with Crippen LogP contribution in [0, 0.1) is 0 Å². The van der Waals surface area contributed by atoms with Crippen molar-refractivity contribution in [3.8, 4) is 0 Å². The van der Waals surface area contributed by atoms with E-state index in [1.54, 1.807) is 0 Å². The summed E-state index contributed by atoms with van der Waals surface area (Å²) in [5, 5.41) is 0.377. The molecule has 0 heterocycles. The Kier molecular flexibility index (Phi) is 13.2.